The Labute approximate surface area is 155 Å². The number of esters is 1. The van der Waals surface area contributed by atoms with Crippen molar-refractivity contribution < 1.29 is 14.3 Å². The second-order valence-electron chi connectivity index (χ2n) is 5.95. The lowest BCUT2D eigenvalue weighted by molar-refractivity contribution is -0.142. The van der Waals surface area contributed by atoms with E-state index in [4.69, 9.17) is 0 Å². The molecule has 2 amide bonds. The molecular weight excluding hydrogens is 350 g/mol. The smallest absolute Gasteiger partial charge is 0.328 e. The van der Waals surface area contributed by atoms with Crippen molar-refractivity contribution in [3.63, 3.8) is 0 Å². The number of hydrogen-bond acceptors (Lipinski definition) is 4. The topological polar surface area (TPSA) is 72.4 Å². The van der Waals surface area contributed by atoms with Gasteiger partial charge in [0, 0.05) is 30.1 Å². The van der Waals surface area contributed by atoms with E-state index in [2.05, 4.69) is 38.1 Å². The number of urea groups is 1. The van der Waals surface area contributed by atoms with Crippen LogP contribution in [0.3, 0.4) is 0 Å². The van der Waals surface area contributed by atoms with E-state index in [0.717, 1.165) is 27.0 Å². The molecule has 6 nitrogen and oxygen atoms in total. The summed E-state index contributed by atoms with van der Waals surface area (Å²) in [4.78, 5) is 24.7. The van der Waals surface area contributed by atoms with Crippen LogP contribution >= 0.6 is 11.3 Å². The van der Waals surface area contributed by atoms with Gasteiger partial charge in [-0.25, -0.2) is 9.59 Å². The zero-order valence-corrected chi connectivity index (χ0v) is 15.7. The number of nitrogens with one attached hydrogen (secondary N) is 2. The highest BCUT2D eigenvalue weighted by molar-refractivity contribution is 7.13. The predicted octanol–water partition coefficient (Wildman–Crippen LogP) is 3.27. The summed E-state index contributed by atoms with van der Waals surface area (Å²) < 4.78 is 6.77. The molecule has 0 aliphatic rings. The van der Waals surface area contributed by atoms with E-state index >= 15 is 0 Å². The molecule has 3 rings (SSSR count). The highest BCUT2D eigenvalue weighted by Gasteiger charge is 2.19. The molecule has 0 aliphatic heterocycles. The molecule has 0 saturated carbocycles. The summed E-state index contributed by atoms with van der Waals surface area (Å²) in [6, 6.07) is 11.1. The van der Waals surface area contributed by atoms with Gasteiger partial charge in [0.25, 0.3) is 0 Å². The molecule has 136 valence electrons. The van der Waals surface area contributed by atoms with Gasteiger partial charge < -0.3 is 19.9 Å². The first-order valence-electron chi connectivity index (χ1n) is 8.25. The molecule has 2 heterocycles. The average Bonchev–Trinajstić information content (AvgIpc) is 3.26. The number of nitrogens with zero attached hydrogens (tertiary/aromatic N) is 1. The van der Waals surface area contributed by atoms with Crippen LogP contribution in [0.25, 0.3) is 21.5 Å². The van der Waals surface area contributed by atoms with Crippen molar-refractivity contribution in [3.8, 4) is 10.6 Å². The fourth-order valence-corrected chi connectivity index (χ4v) is 3.86. The third kappa shape index (κ3) is 3.43. The van der Waals surface area contributed by atoms with Crippen LogP contribution in [0, 0.1) is 0 Å². The van der Waals surface area contributed by atoms with Gasteiger partial charge in [-0.05, 0) is 24.4 Å². The number of rotatable bonds is 5. The average molecular weight is 371 g/mol. The number of methoxy groups -OCH3 is 1. The van der Waals surface area contributed by atoms with Crippen molar-refractivity contribution in [1.29, 1.82) is 0 Å². The van der Waals surface area contributed by atoms with E-state index in [1.165, 1.54) is 7.11 Å². The first-order chi connectivity index (χ1) is 12.5. The molecule has 0 spiro atoms. The minimum atomic E-state index is -0.704. The Bertz CT molecular complexity index is 931. The Hall–Kier alpha value is -2.80. The normalized spacial score (nSPS) is 12.0. The van der Waals surface area contributed by atoms with Crippen LogP contribution in [0.4, 0.5) is 4.79 Å². The Morgan fingerprint density at radius 2 is 2.00 bits per heavy atom. The summed E-state index contributed by atoms with van der Waals surface area (Å²) >= 11 is 1.66. The molecule has 1 unspecified atom stereocenters. The van der Waals surface area contributed by atoms with Gasteiger partial charge in [-0.2, -0.15) is 0 Å². The second-order valence-corrected chi connectivity index (χ2v) is 6.90. The number of para-hydroxylation sites is 1. The van der Waals surface area contributed by atoms with Crippen LogP contribution in [-0.4, -0.2) is 29.7 Å². The van der Waals surface area contributed by atoms with Crippen LogP contribution in [0.2, 0.25) is 0 Å². The minimum Gasteiger partial charge on any atom is -0.467 e. The lowest BCUT2D eigenvalue weighted by Crippen LogP contribution is -2.44. The third-order valence-corrected chi connectivity index (χ3v) is 5.17. The number of aryl methyl sites for hydroxylation is 1. The Kier molecular flexibility index (Phi) is 5.27. The SMILES string of the molecule is COC(=O)C(C)NC(=O)NCc1c(-c2cccs2)n(C)c2ccccc12. The number of thiophene rings is 1. The Morgan fingerprint density at radius 1 is 1.23 bits per heavy atom. The number of carbonyl (C=O) groups is 2. The number of amides is 2. The molecule has 0 radical (unpaired) electrons. The van der Waals surface area contributed by atoms with E-state index in [-0.39, 0.29) is 0 Å². The standard InChI is InChI=1S/C19H21N3O3S/c1-12(18(23)25-3)21-19(24)20-11-14-13-7-4-5-8-15(13)22(2)17(14)16-9-6-10-26-16/h4-10,12H,11H2,1-3H3,(H2,20,21,24). The van der Waals surface area contributed by atoms with Gasteiger partial charge in [0.2, 0.25) is 0 Å². The van der Waals surface area contributed by atoms with Gasteiger partial charge in [-0.15, -0.1) is 11.3 Å². The van der Waals surface area contributed by atoms with E-state index in [9.17, 15) is 9.59 Å². The lowest BCUT2D eigenvalue weighted by atomic mass is 10.1. The molecule has 26 heavy (non-hydrogen) atoms. The van der Waals surface area contributed by atoms with Crippen molar-refractivity contribution in [1.82, 2.24) is 15.2 Å². The molecule has 3 aromatic rings. The third-order valence-electron chi connectivity index (χ3n) is 4.29. The molecule has 0 bridgehead atoms. The Morgan fingerprint density at radius 3 is 2.69 bits per heavy atom. The molecule has 0 aliphatic carbocycles. The highest BCUT2D eigenvalue weighted by atomic mass is 32.1. The number of carbonyl (C=O) groups excluding carboxylic acids is 2. The minimum absolute atomic E-state index is 0.355. The molecule has 1 aromatic carbocycles. The lowest BCUT2D eigenvalue weighted by Gasteiger charge is -2.13. The van der Waals surface area contributed by atoms with Crippen LogP contribution in [0.1, 0.15) is 12.5 Å². The number of ether oxygens (including phenoxy) is 1. The maximum atomic E-state index is 12.2. The summed E-state index contributed by atoms with van der Waals surface area (Å²) in [5.74, 6) is -0.482. The first kappa shape index (κ1) is 18.0. The molecule has 0 saturated heterocycles. The summed E-state index contributed by atoms with van der Waals surface area (Å²) in [6.07, 6.45) is 0. The first-order valence-corrected chi connectivity index (χ1v) is 9.13. The Balaban J connectivity index is 1.87. The predicted molar refractivity (Wildman–Crippen MR) is 103 cm³/mol. The van der Waals surface area contributed by atoms with Gasteiger partial charge in [0.1, 0.15) is 6.04 Å². The number of fused-ring (bicyclic) bond motifs is 1. The molecule has 2 aromatic heterocycles. The molecule has 0 fully saturated rings. The van der Waals surface area contributed by atoms with Gasteiger partial charge in [-0.1, -0.05) is 24.3 Å². The van der Waals surface area contributed by atoms with Crippen molar-refractivity contribution >= 4 is 34.2 Å². The van der Waals surface area contributed by atoms with Crippen LogP contribution in [0.15, 0.2) is 41.8 Å². The van der Waals surface area contributed by atoms with Crippen molar-refractivity contribution in [2.45, 2.75) is 19.5 Å². The molecule has 2 N–H and O–H groups in total. The van der Waals surface area contributed by atoms with Crippen molar-refractivity contribution in [2.24, 2.45) is 7.05 Å². The van der Waals surface area contributed by atoms with E-state index in [1.807, 2.05) is 30.6 Å². The molecule has 7 heteroatoms. The maximum absolute atomic E-state index is 12.2. The largest absolute Gasteiger partial charge is 0.467 e. The second kappa shape index (κ2) is 7.61. The summed E-state index contributed by atoms with van der Waals surface area (Å²) in [7, 11) is 3.32. The zero-order valence-electron chi connectivity index (χ0n) is 14.9. The van der Waals surface area contributed by atoms with Gasteiger partial charge in [0.05, 0.1) is 17.7 Å². The quantitative estimate of drug-likeness (QED) is 0.676. The van der Waals surface area contributed by atoms with Gasteiger partial charge in [-0.3, -0.25) is 0 Å². The molecule has 1 atom stereocenters. The fraction of sp³-hybridized carbons (Fsp3) is 0.263. The van der Waals surface area contributed by atoms with E-state index in [1.54, 1.807) is 18.3 Å². The molecular formula is C19H21N3O3S. The fourth-order valence-electron chi connectivity index (χ4n) is 3.03. The van der Waals surface area contributed by atoms with Gasteiger partial charge in [0.15, 0.2) is 0 Å². The summed E-state index contributed by atoms with van der Waals surface area (Å²) in [5.41, 5.74) is 3.24. The monoisotopic (exact) mass is 371 g/mol. The van der Waals surface area contributed by atoms with Crippen LogP contribution in [-0.2, 0) is 23.1 Å². The van der Waals surface area contributed by atoms with Gasteiger partial charge >= 0.3 is 12.0 Å². The zero-order chi connectivity index (χ0) is 18.7. The van der Waals surface area contributed by atoms with Crippen molar-refractivity contribution in [3.05, 3.63) is 47.3 Å². The van der Waals surface area contributed by atoms with Crippen LogP contribution in [0.5, 0.6) is 0 Å². The maximum Gasteiger partial charge on any atom is 0.328 e. The van der Waals surface area contributed by atoms with E-state index < -0.39 is 18.0 Å². The number of benzene rings is 1. The summed E-state index contributed by atoms with van der Waals surface area (Å²) in [5, 5.41) is 8.56. The highest BCUT2D eigenvalue weighted by Crippen LogP contribution is 2.35. The van der Waals surface area contributed by atoms with E-state index in [0.29, 0.717) is 6.54 Å². The van der Waals surface area contributed by atoms with Crippen LogP contribution < -0.4 is 10.6 Å². The van der Waals surface area contributed by atoms with Crippen molar-refractivity contribution in [2.75, 3.05) is 7.11 Å². The summed E-state index contributed by atoms with van der Waals surface area (Å²) in [6.45, 7) is 1.94. The number of aromatic nitrogens is 1. The number of hydrogen-bond donors (Lipinski definition) is 2.